The Morgan fingerprint density at radius 3 is 2.29 bits per heavy atom. The average molecular weight is 238 g/mol. The molecule has 0 radical (unpaired) electrons. The van der Waals surface area contributed by atoms with E-state index in [1.807, 2.05) is 24.7 Å². The Hall–Kier alpha value is -1.03. The molecular weight excluding hydrogens is 212 g/mol. The van der Waals surface area contributed by atoms with Crippen LogP contribution in [0.5, 0.6) is 0 Å². The molecule has 0 saturated heterocycles. The molecule has 98 valence electrons. The van der Waals surface area contributed by atoms with E-state index in [-0.39, 0.29) is 0 Å². The van der Waals surface area contributed by atoms with E-state index in [0.717, 1.165) is 24.7 Å². The highest BCUT2D eigenvalue weighted by atomic mass is 15.2. The minimum atomic E-state index is 0.583. The Bertz CT molecular complexity index is 333. The maximum atomic E-state index is 4.43. The molecule has 0 aliphatic carbocycles. The van der Waals surface area contributed by atoms with Crippen molar-refractivity contribution in [1.29, 1.82) is 0 Å². The van der Waals surface area contributed by atoms with Crippen LogP contribution in [0.3, 0.4) is 0 Å². The summed E-state index contributed by atoms with van der Waals surface area (Å²) in [4.78, 5) is 6.91. The molecule has 4 nitrogen and oxygen atoms in total. The van der Waals surface area contributed by atoms with Crippen LogP contribution in [-0.2, 0) is 7.05 Å². The summed E-state index contributed by atoms with van der Waals surface area (Å²) in [7, 11) is 2.02. The first kappa shape index (κ1) is 14.0. The van der Waals surface area contributed by atoms with Gasteiger partial charge in [0.1, 0.15) is 0 Å². The zero-order chi connectivity index (χ0) is 13.0. The van der Waals surface area contributed by atoms with Crippen molar-refractivity contribution >= 4 is 5.95 Å². The fourth-order valence-electron chi connectivity index (χ4n) is 2.19. The average Bonchev–Trinajstić information content (AvgIpc) is 2.51. The van der Waals surface area contributed by atoms with E-state index in [1.165, 1.54) is 0 Å². The third-order valence-corrected chi connectivity index (χ3v) is 2.98. The van der Waals surface area contributed by atoms with Gasteiger partial charge in [-0.15, -0.1) is 0 Å². The van der Waals surface area contributed by atoms with E-state index in [1.54, 1.807) is 0 Å². The minimum Gasteiger partial charge on any atom is -0.354 e. The van der Waals surface area contributed by atoms with Gasteiger partial charge >= 0.3 is 0 Å². The van der Waals surface area contributed by atoms with Crippen LogP contribution in [0.15, 0.2) is 6.20 Å². The molecule has 0 fully saturated rings. The Balaban J connectivity index is 2.44. The van der Waals surface area contributed by atoms with Gasteiger partial charge in [0.05, 0.1) is 5.69 Å². The van der Waals surface area contributed by atoms with Gasteiger partial charge in [-0.2, -0.15) is 0 Å². The molecule has 0 amide bonds. The van der Waals surface area contributed by atoms with Crippen LogP contribution in [0.2, 0.25) is 0 Å². The quantitative estimate of drug-likeness (QED) is 0.825. The lowest BCUT2D eigenvalue weighted by Gasteiger charge is -2.30. The lowest BCUT2D eigenvalue weighted by atomic mass is 10.2. The van der Waals surface area contributed by atoms with Crippen molar-refractivity contribution in [2.24, 2.45) is 7.05 Å². The SMILES string of the molecule is Cc1cn(C)c(NCCN(C(C)C)C(C)C)n1. The lowest BCUT2D eigenvalue weighted by Crippen LogP contribution is -2.40. The lowest BCUT2D eigenvalue weighted by molar-refractivity contribution is 0.182. The number of imidazole rings is 1. The van der Waals surface area contributed by atoms with Gasteiger partial charge in [-0.3, -0.25) is 4.90 Å². The summed E-state index contributed by atoms with van der Waals surface area (Å²) < 4.78 is 2.03. The van der Waals surface area contributed by atoms with Gasteiger partial charge in [-0.1, -0.05) is 0 Å². The summed E-state index contributed by atoms with van der Waals surface area (Å²) in [6, 6.07) is 1.17. The first-order valence-corrected chi connectivity index (χ1v) is 6.41. The van der Waals surface area contributed by atoms with Crippen molar-refractivity contribution in [3.63, 3.8) is 0 Å². The number of anilines is 1. The minimum absolute atomic E-state index is 0.583. The highest BCUT2D eigenvalue weighted by molar-refractivity contribution is 5.28. The Morgan fingerprint density at radius 2 is 1.88 bits per heavy atom. The van der Waals surface area contributed by atoms with Crippen molar-refractivity contribution in [2.75, 3.05) is 18.4 Å². The molecular formula is C13H26N4. The summed E-state index contributed by atoms with van der Waals surface area (Å²) in [6.45, 7) is 13.0. The fraction of sp³-hybridized carbons (Fsp3) is 0.769. The third kappa shape index (κ3) is 4.04. The second-order valence-corrected chi connectivity index (χ2v) is 5.17. The van der Waals surface area contributed by atoms with Gasteiger partial charge in [0, 0.05) is 38.4 Å². The predicted octanol–water partition coefficient (Wildman–Crippen LogP) is 2.26. The van der Waals surface area contributed by atoms with Gasteiger partial charge in [-0.05, 0) is 34.6 Å². The third-order valence-electron chi connectivity index (χ3n) is 2.98. The van der Waals surface area contributed by atoms with Crippen LogP contribution in [0.25, 0.3) is 0 Å². The van der Waals surface area contributed by atoms with Gasteiger partial charge in [-0.25, -0.2) is 4.98 Å². The Morgan fingerprint density at radius 1 is 1.29 bits per heavy atom. The highest BCUT2D eigenvalue weighted by Crippen LogP contribution is 2.07. The zero-order valence-corrected chi connectivity index (χ0v) is 12.0. The van der Waals surface area contributed by atoms with E-state index in [9.17, 15) is 0 Å². The van der Waals surface area contributed by atoms with E-state index in [0.29, 0.717) is 12.1 Å². The maximum Gasteiger partial charge on any atom is 0.202 e. The largest absolute Gasteiger partial charge is 0.354 e. The first-order chi connectivity index (χ1) is 7.91. The summed E-state index contributed by atoms with van der Waals surface area (Å²) in [5, 5.41) is 3.38. The van der Waals surface area contributed by atoms with Crippen LogP contribution in [-0.4, -0.2) is 39.6 Å². The summed E-state index contributed by atoms with van der Waals surface area (Å²) >= 11 is 0. The topological polar surface area (TPSA) is 33.1 Å². The number of nitrogens with one attached hydrogen (secondary N) is 1. The molecule has 17 heavy (non-hydrogen) atoms. The van der Waals surface area contributed by atoms with Crippen LogP contribution in [0.4, 0.5) is 5.95 Å². The van der Waals surface area contributed by atoms with Crippen LogP contribution in [0.1, 0.15) is 33.4 Å². The molecule has 0 atom stereocenters. The zero-order valence-electron chi connectivity index (χ0n) is 12.0. The Labute approximate surface area is 105 Å². The van der Waals surface area contributed by atoms with Crippen molar-refractivity contribution in [2.45, 2.75) is 46.7 Å². The predicted molar refractivity (Wildman–Crippen MR) is 73.4 cm³/mol. The molecule has 0 aliphatic rings. The van der Waals surface area contributed by atoms with Crippen molar-refractivity contribution in [3.05, 3.63) is 11.9 Å². The normalized spacial score (nSPS) is 11.8. The van der Waals surface area contributed by atoms with Crippen LogP contribution in [0, 0.1) is 6.92 Å². The number of aromatic nitrogens is 2. The number of hydrogen-bond acceptors (Lipinski definition) is 3. The van der Waals surface area contributed by atoms with E-state index < -0.39 is 0 Å². The van der Waals surface area contributed by atoms with Crippen molar-refractivity contribution in [3.8, 4) is 0 Å². The van der Waals surface area contributed by atoms with Crippen molar-refractivity contribution < 1.29 is 0 Å². The number of aryl methyl sites for hydroxylation is 2. The summed E-state index contributed by atoms with van der Waals surface area (Å²) in [5.41, 5.74) is 1.06. The Kier molecular flexibility index (Phi) is 5.00. The molecule has 0 spiro atoms. The van der Waals surface area contributed by atoms with E-state index >= 15 is 0 Å². The molecule has 1 rings (SSSR count). The van der Waals surface area contributed by atoms with Crippen molar-refractivity contribution in [1.82, 2.24) is 14.5 Å². The van der Waals surface area contributed by atoms with Crippen LogP contribution < -0.4 is 5.32 Å². The molecule has 1 N–H and O–H groups in total. The molecule has 1 heterocycles. The highest BCUT2D eigenvalue weighted by Gasteiger charge is 2.12. The first-order valence-electron chi connectivity index (χ1n) is 6.41. The molecule has 0 aliphatic heterocycles. The number of rotatable bonds is 6. The van der Waals surface area contributed by atoms with Crippen LogP contribution >= 0.6 is 0 Å². The molecule has 1 aromatic rings. The molecule has 0 unspecified atom stereocenters. The van der Waals surface area contributed by atoms with E-state index in [4.69, 9.17) is 0 Å². The maximum absolute atomic E-state index is 4.43. The van der Waals surface area contributed by atoms with Gasteiger partial charge in [0.2, 0.25) is 5.95 Å². The summed E-state index contributed by atoms with van der Waals surface area (Å²) in [5.74, 6) is 0.954. The second kappa shape index (κ2) is 6.05. The monoisotopic (exact) mass is 238 g/mol. The standard InChI is InChI=1S/C13H26N4/c1-10(2)17(11(3)4)8-7-14-13-15-12(5)9-16(13)6/h9-11H,7-8H2,1-6H3,(H,14,15). The molecule has 1 aromatic heterocycles. The molecule has 0 bridgehead atoms. The second-order valence-electron chi connectivity index (χ2n) is 5.17. The number of hydrogen-bond donors (Lipinski definition) is 1. The fourth-order valence-corrected chi connectivity index (χ4v) is 2.19. The van der Waals surface area contributed by atoms with E-state index in [2.05, 4.69) is 42.9 Å². The number of nitrogens with zero attached hydrogens (tertiary/aromatic N) is 3. The smallest absolute Gasteiger partial charge is 0.202 e. The molecule has 0 saturated carbocycles. The molecule has 4 heteroatoms. The van der Waals surface area contributed by atoms with Gasteiger partial charge < -0.3 is 9.88 Å². The molecule has 0 aromatic carbocycles. The van der Waals surface area contributed by atoms with Gasteiger partial charge in [0.15, 0.2) is 0 Å². The van der Waals surface area contributed by atoms with Gasteiger partial charge in [0.25, 0.3) is 0 Å². The summed E-state index contributed by atoms with van der Waals surface area (Å²) in [6.07, 6.45) is 2.03.